The summed E-state index contributed by atoms with van der Waals surface area (Å²) >= 11 is 5.43. The number of carboxylic acid groups (broad SMARTS) is 1. The maximum absolute atomic E-state index is 11.7. The number of aromatic carboxylic acids is 1. The van der Waals surface area contributed by atoms with Crippen molar-refractivity contribution in [3.8, 4) is 0 Å². The molecule has 0 radical (unpaired) electrons. The Morgan fingerprint density at radius 3 is 2.71 bits per heavy atom. The second-order valence-electron chi connectivity index (χ2n) is 3.94. The number of halogens is 1. The van der Waals surface area contributed by atoms with Crippen LogP contribution in [0.2, 0.25) is 0 Å². The van der Waals surface area contributed by atoms with Gasteiger partial charge in [0.15, 0.2) is 5.69 Å². The highest BCUT2D eigenvalue weighted by atomic mass is 35.5. The number of aromatic nitrogens is 2. The van der Waals surface area contributed by atoms with E-state index < -0.39 is 17.4 Å². The number of hydrogen-bond donors (Lipinski definition) is 3. The zero-order chi connectivity index (χ0) is 13.1. The number of carbonyl (C=O) groups is 2. The van der Waals surface area contributed by atoms with Crippen LogP contribution in [-0.4, -0.2) is 32.7 Å². The minimum Gasteiger partial charge on any atom is -0.477 e. The van der Waals surface area contributed by atoms with Crippen LogP contribution < -0.4 is 5.32 Å². The first-order chi connectivity index (χ1) is 7.85. The standard InChI is InChI=1S/C10H12ClN3O3/c1-10(2,3-4-11)12-8(15)6-5-7(9(16)17)14-13-6/h3-5H,1-2H3,(H,12,15)(H,13,14)(H,16,17)/b4-3+. The molecule has 0 atom stereocenters. The van der Waals surface area contributed by atoms with Crippen molar-refractivity contribution in [3.05, 3.63) is 29.1 Å². The van der Waals surface area contributed by atoms with E-state index in [0.717, 1.165) is 6.07 Å². The number of hydrogen-bond acceptors (Lipinski definition) is 3. The van der Waals surface area contributed by atoms with Crippen LogP contribution in [0.4, 0.5) is 0 Å². The van der Waals surface area contributed by atoms with Crippen molar-refractivity contribution < 1.29 is 14.7 Å². The van der Waals surface area contributed by atoms with Gasteiger partial charge in [-0.05, 0) is 19.9 Å². The third kappa shape index (κ3) is 3.60. The fourth-order valence-electron chi connectivity index (χ4n) is 1.10. The predicted molar refractivity (Wildman–Crippen MR) is 62.1 cm³/mol. The Balaban J connectivity index is 2.80. The SMILES string of the molecule is CC(C)(/C=C/Cl)NC(=O)c1cc(C(=O)O)[nH]n1. The Bertz CT molecular complexity index is 465. The number of nitrogens with zero attached hydrogens (tertiary/aromatic N) is 1. The van der Waals surface area contributed by atoms with Crippen molar-refractivity contribution in [1.82, 2.24) is 15.5 Å². The molecule has 0 aliphatic rings. The highest BCUT2D eigenvalue weighted by Crippen LogP contribution is 2.07. The van der Waals surface area contributed by atoms with Crippen LogP contribution >= 0.6 is 11.6 Å². The fraction of sp³-hybridized carbons (Fsp3) is 0.300. The maximum Gasteiger partial charge on any atom is 0.353 e. The Kier molecular flexibility index (Phi) is 3.90. The lowest BCUT2D eigenvalue weighted by atomic mass is 10.1. The molecular weight excluding hydrogens is 246 g/mol. The normalized spacial score (nSPS) is 11.7. The third-order valence-corrected chi connectivity index (χ3v) is 2.08. The number of carbonyl (C=O) groups excluding carboxylic acids is 1. The molecule has 7 heteroatoms. The Hall–Kier alpha value is -1.82. The lowest BCUT2D eigenvalue weighted by Gasteiger charge is -2.21. The molecule has 0 aliphatic heterocycles. The van der Waals surface area contributed by atoms with Crippen molar-refractivity contribution in [3.63, 3.8) is 0 Å². The number of amides is 1. The number of carboxylic acids is 1. The molecule has 0 aliphatic carbocycles. The van der Waals surface area contributed by atoms with Crippen LogP contribution in [0.3, 0.4) is 0 Å². The molecule has 0 unspecified atom stereocenters. The van der Waals surface area contributed by atoms with E-state index in [1.165, 1.54) is 5.54 Å². The van der Waals surface area contributed by atoms with Crippen LogP contribution in [0.15, 0.2) is 17.7 Å². The van der Waals surface area contributed by atoms with Gasteiger partial charge in [0.1, 0.15) is 5.69 Å². The van der Waals surface area contributed by atoms with E-state index in [1.54, 1.807) is 19.9 Å². The molecule has 3 N–H and O–H groups in total. The van der Waals surface area contributed by atoms with Gasteiger partial charge in [-0.2, -0.15) is 5.10 Å². The van der Waals surface area contributed by atoms with Crippen molar-refractivity contribution in [2.24, 2.45) is 0 Å². The summed E-state index contributed by atoms with van der Waals surface area (Å²) in [6.07, 6.45) is 1.59. The Labute approximate surface area is 103 Å². The Morgan fingerprint density at radius 1 is 1.59 bits per heavy atom. The minimum absolute atomic E-state index is 0.0125. The van der Waals surface area contributed by atoms with E-state index in [2.05, 4.69) is 15.5 Å². The molecule has 1 amide bonds. The van der Waals surface area contributed by atoms with Crippen molar-refractivity contribution in [2.45, 2.75) is 19.4 Å². The van der Waals surface area contributed by atoms with Crippen LogP contribution in [0, 0.1) is 0 Å². The highest BCUT2D eigenvalue weighted by Gasteiger charge is 2.20. The number of nitrogens with one attached hydrogen (secondary N) is 2. The third-order valence-electron chi connectivity index (χ3n) is 1.96. The first-order valence-electron chi connectivity index (χ1n) is 4.75. The second-order valence-corrected chi connectivity index (χ2v) is 4.19. The van der Waals surface area contributed by atoms with Gasteiger partial charge in [-0.3, -0.25) is 9.89 Å². The van der Waals surface area contributed by atoms with Gasteiger partial charge < -0.3 is 10.4 Å². The quantitative estimate of drug-likeness (QED) is 0.759. The van der Waals surface area contributed by atoms with E-state index in [1.807, 2.05) is 0 Å². The van der Waals surface area contributed by atoms with Gasteiger partial charge in [0.2, 0.25) is 0 Å². The van der Waals surface area contributed by atoms with Crippen molar-refractivity contribution in [2.75, 3.05) is 0 Å². The molecule has 6 nitrogen and oxygen atoms in total. The first-order valence-corrected chi connectivity index (χ1v) is 5.18. The van der Waals surface area contributed by atoms with Crippen LogP contribution in [0.25, 0.3) is 0 Å². The van der Waals surface area contributed by atoms with Gasteiger partial charge in [-0.15, -0.1) is 0 Å². The highest BCUT2D eigenvalue weighted by molar-refractivity contribution is 6.25. The van der Waals surface area contributed by atoms with Crippen LogP contribution in [0.1, 0.15) is 34.8 Å². The van der Waals surface area contributed by atoms with E-state index >= 15 is 0 Å². The molecule has 1 aromatic rings. The van der Waals surface area contributed by atoms with E-state index in [0.29, 0.717) is 0 Å². The van der Waals surface area contributed by atoms with Gasteiger partial charge in [0, 0.05) is 11.6 Å². The molecule has 1 rings (SSSR count). The molecule has 0 saturated heterocycles. The van der Waals surface area contributed by atoms with Crippen molar-refractivity contribution in [1.29, 1.82) is 0 Å². The molecular formula is C10H12ClN3O3. The fourth-order valence-corrected chi connectivity index (χ4v) is 1.42. The molecule has 0 bridgehead atoms. The largest absolute Gasteiger partial charge is 0.477 e. The van der Waals surface area contributed by atoms with Crippen molar-refractivity contribution >= 4 is 23.5 Å². The predicted octanol–water partition coefficient (Wildman–Crippen LogP) is 1.37. The molecule has 1 heterocycles. The smallest absolute Gasteiger partial charge is 0.353 e. The first kappa shape index (κ1) is 13.2. The summed E-state index contributed by atoms with van der Waals surface area (Å²) < 4.78 is 0. The van der Waals surface area contributed by atoms with Gasteiger partial charge >= 0.3 is 5.97 Å². The molecule has 1 aromatic heterocycles. The average molecular weight is 258 g/mol. The lowest BCUT2D eigenvalue weighted by Crippen LogP contribution is -2.41. The summed E-state index contributed by atoms with van der Waals surface area (Å²) in [4.78, 5) is 22.3. The topological polar surface area (TPSA) is 95.1 Å². The van der Waals surface area contributed by atoms with Crippen LogP contribution in [-0.2, 0) is 0 Å². The molecule has 0 aromatic carbocycles. The zero-order valence-electron chi connectivity index (χ0n) is 9.32. The summed E-state index contributed by atoms with van der Waals surface area (Å²) in [6.45, 7) is 3.49. The van der Waals surface area contributed by atoms with Gasteiger partial charge in [0.25, 0.3) is 5.91 Å². The number of H-pyrrole nitrogens is 1. The van der Waals surface area contributed by atoms with Gasteiger partial charge in [-0.25, -0.2) is 4.79 Å². The minimum atomic E-state index is -1.17. The zero-order valence-corrected chi connectivity index (χ0v) is 10.1. The monoisotopic (exact) mass is 257 g/mol. The molecule has 0 fully saturated rings. The van der Waals surface area contributed by atoms with E-state index in [-0.39, 0.29) is 11.4 Å². The number of aromatic amines is 1. The summed E-state index contributed by atoms with van der Waals surface area (Å²) in [5, 5.41) is 17.2. The Morgan fingerprint density at radius 2 is 2.24 bits per heavy atom. The summed E-state index contributed by atoms with van der Waals surface area (Å²) in [7, 11) is 0. The number of rotatable bonds is 4. The summed E-state index contributed by atoms with van der Waals surface area (Å²) in [5.74, 6) is -1.65. The van der Waals surface area contributed by atoms with Crippen LogP contribution in [0.5, 0.6) is 0 Å². The molecule has 92 valence electrons. The van der Waals surface area contributed by atoms with Gasteiger partial charge in [0.05, 0.1) is 5.54 Å². The molecule has 17 heavy (non-hydrogen) atoms. The maximum atomic E-state index is 11.7. The second kappa shape index (κ2) is 5.01. The average Bonchev–Trinajstić information content (AvgIpc) is 2.64. The molecule has 0 saturated carbocycles. The lowest BCUT2D eigenvalue weighted by molar-refractivity contribution is 0.0690. The summed E-state index contributed by atoms with van der Waals surface area (Å²) in [6, 6.07) is 1.16. The van der Waals surface area contributed by atoms with E-state index in [4.69, 9.17) is 16.7 Å². The molecule has 0 spiro atoms. The van der Waals surface area contributed by atoms with E-state index in [9.17, 15) is 9.59 Å². The van der Waals surface area contributed by atoms with Gasteiger partial charge in [-0.1, -0.05) is 11.6 Å². The summed E-state index contributed by atoms with van der Waals surface area (Å²) in [5.41, 5.74) is 0.536.